The average Bonchev–Trinajstić information content (AvgIpc) is 2.34. The minimum atomic E-state index is -0.832. The van der Waals surface area contributed by atoms with E-state index >= 15 is 0 Å². The molecular formula is C15H15F2N. The topological polar surface area (TPSA) is 12.0 Å². The molecule has 0 radical (unpaired) electrons. The molecule has 1 nitrogen and oxygen atoms in total. The van der Waals surface area contributed by atoms with Gasteiger partial charge in [-0.3, -0.25) is 0 Å². The van der Waals surface area contributed by atoms with Gasteiger partial charge in [0.1, 0.15) is 0 Å². The third-order valence-electron chi connectivity index (χ3n) is 2.91. The number of hydrogen-bond donors (Lipinski definition) is 1. The highest BCUT2D eigenvalue weighted by atomic mass is 19.2. The number of halogens is 2. The van der Waals surface area contributed by atoms with Crippen LogP contribution in [0.2, 0.25) is 0 Å². The first-order valence-electron chi connectivity index (χ1n) is 5.81. The largest absolute Gasteiger partial charge is 0.381 e. The predicted octanol–water partition coefficient (Wildman–Crippen LogP) is 4.19. The number of anilines is 1. The molecule has 0 fully saturated rings. The van der Waals surface area contributed by atoms with Gasteiger partial charge < -0.3 is 5.32 Å². The standard InChI is InChI=1S/C15H15F2N/c1-10-3-4-11(2)12(7-10)9-18-13-5-6-14(16)15(17)8-13/h3-8,18H,9H2,1-2H3. The van der Waals surface area contributed by atoms with Crippen molar-refractivity contribution in [1.82, 2.24) is 0 Å². The van der Waals surface area contributed by atoms with Crippen LogP contribution in [0.4, 0.5) is 14.5 Å². The van der Waals surface area contributed by atoms with Crippen molar-refractivity contribution < 1.29 is 8.78 Å². The second kappa shape index (κ2) is 5.17. The molecule has 0 unspecified atom stereocenters. The summed E-state index contributed by atoms with van der Waals surface area (Å²) < 4.78 is 25.8. The van der Waals surface area contributed by atoms with Crippen LogP contribution in [-0.4, -0.2) is 0 Å². The van der Waals surface area contributed by atoms with Gasteiger partial charge in [0.05, 0.1) is 0 Å². The normalized spacial score (nSPS) is 10.4. The molecule has 18 heavy (non-hydrogen) atoms. The van der Waals surface area contributed by atoms with Gasteiger partial charge in [0, 0.05) is 18.3 Å². The Morgan fingerprint density at radius 3 is 2.44 bits per heavy atom. The van der Waals surface area contributed by atoms with Gasteiger partial charge in [0.2, 0.25) is 0 Å². The summed E-state index contributed by atoms with van der Waals surface area (Å²) in [5.74, 6) is -1.66. The van der Waals surface area contributed by atoms with Gasteiger partial charge in [-0.05, 0) is 37.1 Å². The first-order chi connectivity index (χ1) is 8.56. The van der Waals surface area contributed by atoms with Gasteiger partial charge in [0.15, 0.2) is 11.6 Å². The lowest BCUT2D eigenvalue weighted by Gasteiger charge is -2.10. The summed E-state index contributed by atoms with van der Waals surface area (Å²) in [4.78, 5) is 0. The number of hydrogen-bond acceptors (Lipinski definition) is 1. The van der Waals surface area contributed by atoms with Crippen LogP contribution in [0.1, 0.15) is 16.7 Å². The van der Waals surface area contributed by atoms with Crippen molar-refractivity contribution >= 4 is 5.69 Å². The van der Waals surface area contributed by atoms with Gasteiger partial charge in [0.25, 0.3) is 0 Å². The van der Waals surface area contributed by atoms with E-state index in [0.29, 0.717) is 12.2 Å². The molecule has 0 aliphatic carbocycles. The van der Waals surface area contributed by atoms with Gasteiger partial charge in [-0.1, -0.05) is 23.8 Å². The first-order valence-corrected chi connectivity index (χ1v) is 5.81. The Balaban J connectivity index is 2.11. The lowest BCUT2D eigenvalue weighted by atomic mass is 10.1. The van der Waals surface area contributed by atoms with Crippen LogP contribution in [0.5, 0.6) is 0 Å². The smallest absolute Gasteiger partial charge is 0.160 e. The maximum Gasteiger partial charge on any atom is 0.160 e. The molecule has 94 valence electrons. The number of rotatable bonds is 3. The summed E-state index contributed by atoms with van der Waals surface area (Å²) in [6.45, 7) is 4.65. The van der Waals surface area contributed by atoms with E-state index in [9.17, 15) is 8.78 Å². The van der Waals surface area contributed by atoms with Gasteiger partial charge in [-0.15, -0.1) is 0 Å². The van der Waals surface area contributed by atoms with Crippen LogP contribution in [-0.2, 0) is 6.54 Å². The highest BCUT2D eigenvalue weighted by Crippen LogP contribution is 2.16. The third-order valence-corrected chi connectivity index (χ3v) is 2.91. The molecule has 0 aromatic heterocycles. The fourth-order valence-electron chi connectivity index (χ4n) is 1.79. The lowest BCUT2D eigenvalue weighted by Crippen LogP contribution is -2.02. The molecule has 0 amide bonds. The van der Waals surface area contributed by atoms with E-state index in [0.717, 1.165) is 11.6 Å². The van der Waals surface area contributed by atoms with Gasteiger partial charge >= 0.3 is 0 Å². The second-order valence-electron chi connectivity index (χ2n) is 4.41. The molecule has 2 aromatic rings. The minimum Gasteiger partial charge on any atom is -0.381 e. The fraction of sp³-hybridized carbons (Fsp3) is 0.200. The van der Waals surface area contributed by atoms with Crippen molar-refractivity contribution in [2.75, 3.05) is 5.32 Å². The van der Waals surface area contributed by atoms with Crippen LogP contribution < -0.4 is 5.32 Å². The van der Waals surface area contributed by atoms with E-state index in [4.69, 9.17) is 0 Å². The highest BCUT2D eigenvalue weighted by molar-refractivity contribution is 5.45. The van der Waals surface area contributed by atoms with Crippen LogP contribution in [0.25, 0.3) is 0 Å². The zero-order chi connectivity index (χ0) is 13.1. The van der Waals surface area contributed by atoms with E-state index in [-0.39, 0.29) is 0 Å². The molecular weight excluding hydrogens is 232 g/mol. The van der Waals surface area contributed by atoms with Crippen LogP contribution in [0, 0.1) is 25.5 Å². The van der Waals surface area contributed by atoms with Crippen molar-refractivity contribution in [1.29, 1.82) is 0 Å². The van der Waals surface area contributed by atoms with E-state index in [1.807, 2.05) is 13.8 Å². The van der Waals surface area contributed by atoms with Crippen LogP contribution >= 0.6 is 0 Å². The fourth-order valence-corrected chi connectivity index (χ4v) is 1.79. The Hall–Kier alpha value is -1.90. The average molecular weight is 247 g/mol. The summed E-state index contributed by atoms with van der Waals surface area (Å²) >= 11 is 0. The second-order valence-corrected chi connectivity index (χ2v) is 4.41. The summed E-state index contributed by atoms with van der Waals surface area (Å²) in [5.41, 5.74) is 4.09. The van der Waals surface area contributed by atoms with Crippen molar-refractivity contribution in [3.05, 3.63) is 64.7 Å². The molecule has 0 heterocycles. The summed E-state index contributed by atoms with van der Waals surface area (Å²) in [5, 5.41) is 3.09. The summed E-state index contributed by atoms with van der Waals surface area (Å²) in [7, 11) is 0. The van der Waals surface area contributed by atoms with Crippen molar-refractivity contribution in [3.8, 4) is 0 Å². The Bertz CT molecular complexity index is 564. The first kappa shape index (κ1) is 12.6. The zero-order valence-corrected chi connectivity index (χ0v) is 10.4. The maximum absolute atomic E-state index is 13.0. The van der Waals surface area contributed by atoms with Crippen LogP contribution in [0.3, 0.4) is 0 Å². The third kappa shape index (κ3) is 2.86. The molecule has 0 aliphatic rings. The Labute approximate surface area is 105 Å². The molecule has 2 aromatic carbocycles. The van der Waals surface area contributed by atoms with E-state index in [1.54, 1.807) is 0 Å². The van der Waals surface area contributed by atoms with Gasteiger partial charge in [-0.2, -0.15) is 0 Å². The van der Waals surface area contributed by atoms with Crippen molar-refractivity contribution in [3.63, 3.8) is 0 Å². The highest BCUT2D eigenvalue weighted by Gasteiger charge is 2.03. The maximum atomic E-state index is 13.0. The molecule has 0 bridgehead atoms. The van der Waals surface area contributed by atoms with E-state index in [2.05, 4.69) is 23.5 Å². The Morgan fingerprint density at radius 1 is 0.944 bits per heavy atom. The molecule has 1 N–H and O–H groups in total. The zero-order valence-electron chi connectivity index (χ0n) is 10.4. The summed E-state index contributed by atoms with van der Waals surface area (Å²) in [6.07, 6.45) is 0. The molecule has 0 spiro atoms. The van der Waals surface area contributed by atoms with Crippen LogP contribution in [0.15, 0.2) is 36.4 Å². The number of benzene rings is 2. The van der Waals surface area contributed by atoms with Crippen molar-refractivity contribution in [2.24, 2.45) is 0 Å². The van der Waals surface area contributed by atoms with E-state index < -0.39 is 11.6 Å². The minimum absolute atomic E-state index is 0.579. The lowest BCUT2D eigenvalue weighted by molar-refractivity contribution is 0.509. The van der Waals surface area contributed by atoms with E-state index in [1.165, 1.54) is 23.3 Å². The van der Waals surface area contributed by atoms with Crippen molar-refractivity contribution in [2.45, 2.75) is 20.4 Å². The number of nitrogens with one attached hydrogen (secondary N) is 1. The SMILES string of the molecule is Cc1ccc(C)c(CNc2ccc(F)c(F)c2)c1. The monoisotopic (exact) mass is 247 g/mol. The Morgan fingerprint density at radius 2 is 1.72 bits per heavy atom. The molecule has 3 heteroatoms. The molecule has 2 rings (SSSR count). The Kier molecular flexibility index (Phi) is 3.60. The number of aryl methyl sites for hydroxylation is 2. The molecule has 0 aliphatic heterocycles. The molecule has 0 saturated carbocycles. The summed E-state index contributed by atoms with van der Waals surface area (Å²) in [6, 6.07) is 10.0. The predicted molar refractivity (Wildman–Crippen MR) is 69.6 cm³/mol. The van der Waals surface area contributed by atoms with Gasteiger partial charge in [-0.25, -0.2) is 8.78 Å². The molecule has 0 atom stereocenters. The molecule has 0 saturated heterocycles. The quantitative estimate of drug-likeness (QED) is 0.857.